The molecule has 0 aromatic heterocycles. The lowest BCUT2D eigenvalue weighted by Gasteiger charge is -2.34. The molecule has 0 radical (unpaired) electrons. The van der Waals surface area contributed by atoms with Crippen molar-refractivity contribution in [2.24, 2.45) is 23.7 Å². The minimum absolute atomic E-state index is 0.0533. The SMILES string of the molecule is COc1ccc(C(=O)Nc2ccc(Cc3ccc(N4C(=O)C5C(C4=O)[C@H]4C=C[C@@H]5C4)cc3)cc2)cc1N1CCN(C)CC1. The van der Waals surface area contributed by atoms with Crippen molar-refractivity contribution in [1.29, 1.82) is 0 Å². The minimum Gasteiger partial charge on any atom is -0.495 e. The summed E-state index contributed by atoms with van der Waals surface area (Å²) >= 11 is 0. The summed E-state index contributed by atoms with van der Waals surface area (Å²) in [5.41, 5.74) is 5.08. The highest BCUT2D eigenvalue weighted by Gasteiger charge is 2.59. The van der Waals surface area contributed by atoms with Crippen LogP contribution in [0.5, 0.6) is 5.75 Å². The number of benzene rings is 3. The van der Waals surface area contributed by atoms with E-state index in [9.17, 15) is 14.4 Å². The molecule has 8 nitrogen and oxygen atoms in total. The molecule has 220 valence electrons. The summed E-state index contributed by atoms with van der Waals surface area (Å²) in [6, 6.07) is 21.1. The van der Waals surface area contributed by atoms with Crippen LogP contribution in [0.4, 0.5) is 17.1 Å². The molecule has 4 atom stereocenters. The quantitative estimate of drug-likeness (QED) is 0.327. The molecule has 4 aliphatic rings. The summed E-state index contributed by atoms with van der Waals surface area (Å²) in [6.45, 7) is 3.70. The Bertz CT molecular complexity index is 1560. The van der Waals surface area contributed by atoms with Crippen molar-refractivity contribution < 1.29 is 19.1 Å². The highest BCUT2D eigenvalue weighted by atomic mass is 16.5. The molecule has 7 rings (SSSR count). The fourth-order valence-corrected chi connectivity index (χ4v) is 7.19. The van der Waals surface area contributed by atoms with Crippen LogP contribution >= 0.6 is 0 Å². The van der Waals surface area contributed by atoms with Crippen molar-refractivity contribution in [2.45, 2.75) is 12.8 Å². The van der Waals surface area contributed by atoms with E-state index >= 15 is 0 Å². The first-order chi connectivity index (χ1) is 20.9. The zero-order valence-electron chi connectivity index (χ0n) is 24.5. The Morgan fingerprint density at radius 2 is 1.44 bits per heavy atom. The highest BCUT2D eigenvalue weighted by molar-refractivity contribution is 6.22. The second-order valence-corrected chi connectivity index (χ2v) is 12.2. The molecule has 2 heterocycles. The maximum atomic E-state index is 13.1. The third-order valence-corrected chi connectivity index (χ3v) is 9.57. The first-order valence-corrected chi connectivity index (χ1v) is 15.1. The highest BCUT2D eigenvalue weighted by Crippen LogP contribution is 2.53. The lowest BCUT2D eigenvalue weighted by Crippen LogP contribution is -2.44. The molecular weight excluding hydrogens is 540 g/mol. The van der Waals surface area contributed by atoms with E-state index in [4.69, 9.17) is 4.74 Å². The van der Waals surface area contributed by atoms with Gasteiger partial charge in [0.1, 0.15) is 5.75 Å². The average molecular weight is 577 g/mol. The summed E-state index contributed by atoms with van der Waals surface area (Å²) in [5, 5.41) is 3.02. The molecule has 0 spiro atoms. The Labute approximate surface area is 251 Å². The third kappa shape index (κ3) is 4.99. The van der Waals surface area contributed by atoms with Crippen LogP contribution in [0.25, 0.3) is 0 Å². The summed E-state index contributed by atoms with van der Waals surface area (Å²) in [6.07, 6.45) is 5.86. The Morgan fingerprint density at radius 1 is 0.837 bits per heavy atom. The summed E-state index contributed by atoms with van der Waals surface area (Å²) in [4.78, 5) is 45.3. The molecule has 3 aromatic rings. The smallest absolute Gasteiger partial charge is 0.255 e. The number of methoxy groups -OCH3 is 1. The largest absolute Gasteiger partial charge is 0.495 e. The number of fused-ring (bicyclic) bond motifs is 5. The molecule has 1 N–H and O–H groups in total. The van der Waals surface area contributed by atoms with Gasteiger partial charge in [0, 0.05) is 37.4 Å². The van der Waals surface area contributed by atoms with Crippen LogP contribution in [0.3, 0.4) is 0 Å². The van der Waals surface area contributed by atoms with Gasteiger partial charge in [-0.05, 0) is 85.3 Å². The fraction of sp³-hybridized carbons (Fsp3) is 0.343. The number of hydrogen-bond acceptors (Lipinski definition) is 6. The fourth-order valence-electron chi connectivity index (χ4n) is 7.19. The van der Waals surface area contributed by atoms with Crippen molar-refractivity contribution in [3.63, 3.8) is 0 Å². The lowest BCUT2D eigenvalue weighted by molar-refractivity contribution is -0.123. The molecule has 8 heteroatoms. The Hall–Kier alpha value is -4.43. The van der Waals surface area contributed by atoms with E-state index in [1.54, 1.807) is 13.2 Å². The molecule has 2 aliphatic heterocycles. The first-order valence-electron chi connectivity index (χ1n) is 15.1. The number of nitrogens with zero attached hydrogens (tertiary/aromatic N) is 3. The van der Waals surface area contributed by atoms with E-state index in [0.29, 0.717) is 17.7 Å². The van der Waals surface area contributed by atoms with Crippen molar-refractivity contribution in [3.8, 4) is 5.75 Å². The number of ether oxygens (including phenoxy) is 1. The van der Waals surface area contributed by atoms with Gasteiger partial charge in [0.25, 0.3) is 5.91 Å². The monoisotopic (exact) mass is 576 g/mol. The van der Waals surface area contributed by atoms with Gasteiger partial charge in [-0.15, -0.1) is 0 Å². The standard InChI is InChI=1S/C35H36N4O4/c1-37-15-17-38(18-16-37)29-21-26(9-14-30(29)43-2)33(40)36-27-10-3-22(4-11-27)19-23-5-12-28(13-6-23)39-34(41)31-24-7-8-25(20-24)32(31)35(39)42/h3-14,21,24-25,31-32H,15-20H2,1-2H3,(H,36,40)/t24-,25+,31?,32?. The van der Waals surface area contributed by atoms with Crippen LogP contribution in [-0.4, -0.2) is 63.0 Å². The normalized spacial score (nSPS) is 24.5. The van der Waals surface area contributed by atoms with Gasteiger partial charge in [-0.25, -0.2) is 0 Å². The zero-order valence-corrected chi connectivity index (χ0v) is 24.5. The maximum Gasteiger partial charge on any atom is 0.255 e. The summed E-state index contributed by atoms with van der Waals surface area (Å²) in [7, 11) is 3.77. The van der Waals surface area contributed by atoms with Gasteiger partial charge in [-0.3, -0.25) is 19.3 Å². The van der Waals surface area contributed by atoms with E-state index in [1.807, 2.05) is 60.7 Å². The Kier molecular flexibility index (Phi) is 7.01. The maximum absolute atomic E-state index is 13.1. The van der Waals surface area contributed by atoms with Gasteiger partial charge in [-0.2, -0.15) is 0 Å². The molecule has 2 saturated heterocycles. The predicted octanol–water partition coefficient (Wildman–Crippen LogP) is 4.60. The number of nitrogens with one attached hydrogen (secondary N) is 1. The van der Waals surface area contributed by atoms with Gasteiger partial charge in [0.15, 0.2) is 0 Å². The second kappa shape index (κ2) is 11.0. The number of rotatable bonds is 7. The second-order valence-electron chi connectivity index (χ2n) is 12.2. The van der Waals surface area contributed by atoms with E-state index in [-0.39, 0.29) is 41.4 Å². The molecule has 3 fully saturated rings. The Morgan fingerprint density at radius 3 is 2.05 bits per heavy atom. The van der Waals surface area contributed by atoms with Crippen molar-refractivity contribution in [2.75, 3.05) is 55.5 Å². The van der Waals surface area contributed by atoms with Crippen molar-refractivity contribution in [1.82, 2.24) is 4.90 Å². The molecular formula is C35H36N4O4. The van der Waals surface area contributed by atoms with E-state index < -0.39 is 0 Å². The number of allylic oxidation sites excluding steroid dienone is 2. The number of carbonyl (C=O) groups is 3. The summed E-state index contributed by atoms with van der Waals surface area (Å²) < 4.78 is 5.59. The van der Waals surface area contributed by atoms with Gasteiger partial charge < -0.3 is 19.9 Å². The topological polar surface area (TPSA) is 82.2 Å². The molecule has 2 aliphatic carbocycles. The van der Waals surface area contributed by atoms with Crippen LogP contribution in [0.1, 0.15) is 27.9 Å². The number of piperazine rings is 1. The van der Waals surface area contributed by atoms with Crippen LogP contribution < -0.4 is 19.9 Å². The number of hydrogen-bond donors (Lipinski definition) is 1. The third-order valence-electron chi connectivity index (χ3n) is 9.57. The van der Waals surface area contributed by atoms with Crippen LogP contribution in [0.15, 0.2) is 78.9 Å². The molecule has 3 amide bonds. The van der Waals surface area contributed by atoms with E-state index in [1.165, 1.54) is 4.90 Å². The van der Waals surface area contributed by atoms with E-state index in [2.05, 4.69) is 34.3 Å². The van der Waals surface area contributed by atoms with Crippen LogP contribution in [0, 0.1) is 23.7 Å². The first kappa shape index (κ1) is 27.4. The van der Waals surface area contributed by atoms with Gasteiger partial charge >= 0.3 is 0 Å². The number of likely N-dealkylation sites (N-methyl/N-ethyl adjacent to an activating group) is 1. The Balaban J connectivity index is 0.984. The van der Waals surface area contributed by atoms with Gasteiger partial charge in [0.05, 0.1) is 30.3 Å². The lowest BCUT2D eigenvalue weighted by atomic mass is 9.85. The number of carbonyl (C=O) groups excluding carboxylic acids is 3. The number of anilines is 3. The molecule has 3 aromatic carbocycles. The van der Waals surface area contributed by atoms with Gasteiger partial charge in [0.2, 0.25) is 11.8 Å². The number of amides is 3. The predicted molar refractivity (Wildman–Crippen MR) is 167 cm³/mol. The van der Waals surface area contributed by atoms with Crippen LogP contribution in [-0.2, 0) is 16.0 Å². The zero-order chi connectivity index (χ0) is 29.7. The van der Waals surface area contributed by atoms with Crippen molar-refractivity contribution >= 4 is 34.8 Å². The molecule has 2 unspecified atom stereocenters. The van der Waals surface area contributed by atoms with Crippen LogP contribution in [0.2, 0.25) is 0 Å². The average Bonchev–Trinajstić information content (AvgIpc) is 3.72. The molecule has 43 heavy (non-hydrogen) atoms. The molecule has 2 bridgehead atoms. The van der Waals surface area contributed by atoms with E-state index in [0.717, 1.165) is 60.9 Å². The summed E-state index contributed by atoms with van der Waals surface area (Å²) in [5.74, 6) is 0.530. The number of imide groups is 1. The van der Waals surface area contributed by atoms with Gasteiger partial charge in [-0.1, -0.05) is 36.4 Å². The minimum atomic E-state index is -0.190. The van der Waals surface area contributed by atoms with Crippen molar-refractivity contribution in [3.05, 3.63) is 95.6 Å². The molecule has 1 saturated carbocycles.